The summed E-state index contributed by atoms with van der Waals surface area (Å²) in [6.07, 6.45) is 2.16. The minimum Gasteiger partial charge on any atom is -0.381 e. The van der Waals surface area contributed by atoms with E-state index >= 15 is 0 Å². The number of H-pyrrole nitrogens is 1. The molecule has 1 aliphatic rings. The van der Waals surface area contributed by atoms with Gasteiger partial charge in [-0.1, -0.05) is 18.5 Å². The third-order valence-electron chi connectivity index (χ3n) is 3.98. The Morgan fingerprint density at radius 2 is 2.16 bits per heavy atom. The van der Waals surface area contributed by atoms with E-state index < -0.39 is 0 Å². The van der Waals surface area contributed by atoms with Gasteiger partial charge in [0.25, 0.3) is 0 Å². The lowest BCUT2D eigenvalue weighted by Crippen LogP contribution is -2.31. The van der Waals surface area contributed by atoms with Gasteiger partial charge in [-0.2, -0.15) is 0 Å². The average Bonchev–Trinajstić information content (AvgIpc) is 2.65. The average molecular weight is 297 g/mol. The van der Waals surface area contributed by atoms with Gasteiger partial charge < -0.3 is 14.3 Å². The second-order valence-electron chi connectivity index (χ2n) is 5.60. The first kappa shape index (κ1) is 13.2. The molecule has 1 N–H and O–H groups in total. The maximum Gasteiger partial charge on any atom is 0.178 e. The molecule has 0 atom stereocenters. The molecule has 1 aromatic heterocycles. The van der Waals surface area contributed by atoms with Gasteiger partial charge in [0, 0.05) is 24.8 Å². The number of hydrogen-bond donors (Lipinski definition) is 1. The van der Waals surface area contributed by atoms with Crippen LogP contribution in [0.3, 0.4) is 0 Å². The molecule has 1 aromatic carbocycles. The summed E-state index contributed by atoms with van der Waals surface area (Å²) < 4.78 is 8.41. The third kappa shape index (κ3) is 2.57. The smallest absolute Gasteiger partial charge is 0.178 e. The van der Waals surface area contributed by atoms with Crippen molar-refractivity contribution in [2.45, 2.75) is 26.3 Å². The van der Waals surface area contributed by atoms with E-state index in [2.05, 4.69) is 16.5 Å². The predicted octanol–water partition coefficient (Wildman–Crippen LogP) is 4.17. The molecule has 19 heavy (non-hydrogen) atoms. The van der Waals surface area contributed by atoms with E-state index in [1.165, 1.54) is 0 Å². The second-order valence-corrected chi connectivity index (χ2v) is 6.42. The molecule has 5 heteroatoms. The summed E-state index contributed by atoms with van der Waals surface area (Å²) >= 11 is 11.5. The van der Waals surface area contributed by atoms with Crippen LogP contribution in [0.4, 0.5) is 0 Å². The number of halogens is 1. The van der Waals surface area contributed by atoms with Crippen LogP contribution in [0.1, 0.15) is 19.8 Å². The van der Waals surface area contributed by atoms with Crippen molar-refractivity contribution in [1.29, 1.82) is 0 Å². The highest BCUT2D eigenvalue weighted by Crippen LogP contribution is 2.33. The van der Waals surface area contributed by atoms with Crippen molar-refractivity contribution < 1.29 is 4.74 Å². The summed E-state index contributed by atoms with van der Waals surface area (Å²) in [5, 5.41) is 0.730. The molecule has 0 unspecified atom stereocenters. The minimum atomic E-state index is 0.255. The SMILES string of the molecule is CC1(Cn2c(=S)[nH]c3cc(Cl)ccc32)CCOCC1. The Morgan fingerprint density at radius 3 is 2.89 bits per heavy atom. The number of rotatable bonds is 2. The van der Waals surface area contributed by atoms with Gasteiger partial charge in [0.15, 0.2) is 4.77 Å². The maximum atomic E-state index is 6.02. The number of fused-ring (bicyclic) bond motifs is 1. The van der Waals surface area contributed by atoms with E-state index in [1.807, 2.05) is 18.2 Å². The summed E-state index contributed by atoms with van der Waals surface area (Å²) in [7, 11) is 0. The molecular weight excluding hydrogens is 280 g/mol. The van der Waals surface area contributed by atoms with Crippen LogP contribution in [0.5, 0.6) is 0 Å². The van der Waals surface area contributed by atoms with Gasteiger partial charge in [-0.3, -0.25) is 0 Å². The lowest BCUT2D eigenvalue weighted by molar-refractivity contribution is 0.0159. The highest BCUT2D eigenvalue weighted by molar-refractivity contribution is 7.71. The first-order valence-electron chi connectivity index (χ1n) is 6.53. The van der Waals surface area contributed by atoms with E-state index in [0.29, 0.717) is 0 Å². The number of aromatic nitrogens is 2. The van der Waals surface area contributed by atoms with E-state index in [4.69, 9.17) is 28.6 Å². The third-order valence-corrected chi connectivity index (χ3v) is 4.53. The molecule has 102 valence electrons. The van der Waals surface area contributed by atoms with Gasteiger partial charge in [0.2, 0.25) is 0 Å². The second kappa shape index (κ2) is 4.93. The summed E-state index contributed by atoms with van der Waals surface area (Å²) in [5.74, 6) is 0. The highest BCUT2D eigenvalue weighted by atomic mass is 35.5. The molecule has 3 rings (SSSR count). The Balaban J connectivity index is 2.00. The van der Waals surface area contributed by atoms with Crippen LogP contribution in [0.2, 0.25) is 5.02 Å². The molecule has 2 aromatic rings. The highest BCUT2D eigenvalue weighted by Gasteiger charge is 2.28. The van der Waals surface area contributed by atoms with Crippen LogP contribution in [0.15, 0.2) is 18.2 Å². The van der Waals surface area contributed by atoms with E-state index in [-0.39, 0.29) is 5.41 Å². The molecule has 0 saturated carbocycles. The lowest BCUT2D eigenvalue weighted by atomic mass is 9.82. The standard InChI is InChI=1S/C14H17ClN2OS/c1-14(4-6-18-7-5-14)9-17-12-3-2-10(15)8-11(12)16-13(17)19/h2-3,8H,4-7,9H2,1H3,(H,16,19). The Bertz CT molecular complexity index is 655. The summed E-state index contributed by atoms with van der Waals surface area (Å²) in [5.41, 5.74) is 2.39. The molecule has 0 radical (unpaired) electrons. The lowest BCUT2D eigenvalue weighted by Gasteiger charge is -2.33. The Kier molecular flexibility index (Phi) is 3.41. The minimum absolute atomic E-state index is 0.255. The largest absolute Gasteiger partial charge is 0.381 e. The quantitative estimate of drug-likeness (QED) is 0.843. The van der Waals surface area contributed by atoms with Crippen molar-refractivity contribution in [1.82, 2.24) is 9.55 Å². The molecule has 1 fully saturated rings. The summed E-state index contributed by atoms with van der Waals surface area (Å²) in [6.45, 7) is 4.93. The number of nitrogens with one attached hydrogen (secondary N) is 1. The number of hydrogen-bond acceptors (Lipinski definition) is 2. The molecule has 0 bridgehead atoms. The molecular formula is C14H17ClN2OS. The van der Waals surface area contributed by atoms with Crippen molar-refractivity contribution in [2.75, 3.05) is 13.2 Å². The van der Waals surface area contributed by atoms with Gasteiger partial charge in [-0.25, -0.2) is 0 Å². The van der Waals surface area contributed by atoms with Crippen LogP contribution in [0, 0.1) is 10.2 Å². The van der Waals surface area contributed by atoms with E-state index in [0.717, 1.165) is 53.4 Å². The molecule has 2 heterocycles. The van der Waals surface area contributed by atoms with Crippen molar-refractivity contribution >= 4 is 34.9 Å². The Hall–Kier alpha value is -0.840. The summed E-state index contributed by atoms with van der Waals surface area (Å²) in [4.78, 5) is 3.24. The van der Waals surface area contributed by atoms with Gasteiger partial charge in [0.05, 0.1) is 11.0 Å². The fourth-order valence-corrected chi connectivity index (χ4v) is 3.14. The fourth-order valence-electron chi connectivity index (χ4n) is 2.70. The predicted molar refractivity (Wildman–Crippen MR) is 80.3 cm³/mol. The van der Waals surface area contributed by atoms with Crippen LogP contribution in [0.25, 0.3) is 11.0 Å². The monoisotopic (exact) mass is 296 g/mol. The Morgan fingerprint density at radius 1 is 1.42 bits per heavy atom. The number of aromatic amines is 1. The normalized spacial score (nSPS) is 18.8. The van der Waals surface area contributed by atoms with Gasteiger partial charge in [0.1, 0.15) is 0 Å². The van der Waals surface area contributed by atoms with Crippen LogP contribution in [-0.4, -0.2) is 22.8 Å². The van der Waals surface area contributed by atoms with Crippen molar-refractivity contribution in [3.05, 3.63) is 28.0 Å². The first-order valence-corrected chi connectivity index (χ1v) is 7.32. The zero-order valence-electron chi connectivity index (χ0n) is 10.9. The zero-order chi connectivity index (χ0) is 13.5. The van der Waals surface area contributed by atoms with Crippen molar-refractivity contribution in [3.63, 3.8) is 0 Å². The summed E-state index contributed by atoms with van der Waals surface area (Å²) in [6, 6.07) is 5.87. The first-order chi connectivity index (χ1) is 9.07. The van der Waals surface area contributed by atoms with Crippen molar-refractivity contribution in [3.8, 4) is 0 Å². The van der Waals surface area contributed by atoms with Gasteiger partial charge in [-0.15, -0.1) is 0 Å². The molecule has 1 saturated heterocycles. The van der Waals surface area contributed by atoms with Gasteiger partial charge in [-0.05, 0) is 48.7 Å². The molecule has 3 nitrogen and oxygen atoms in total. The number of benzene rings is 1. The fraction of sp³-hybridized carbons (Fsp3) is 0.500. The van der Waals surface area contributed by atoms with Gasteiger partial charge >= 0.3 is 0 Å². The number of ether oxygens (including phenoxy) is 1. The zero-order valence-corrected chi connectivity index (χ0v) is 12.5. The molecule has 0 amide bonds. The van der Waals surface area contributed by atoms with Crippen LogP contribution in [-0.2, 0) is 11.3 Å². The number of nitrogens with zero attached hydrogens (tertiary/aromatic N) is 1. The van der Waals surface area contributed by atoms with E-state index in [9.17, 15) is 0 Å². The molecule has 1 aliphatic heterocycles. The number of imidazole rings is 1. The molecule has 0 spiro atoms. The van der Waals surface area contributed by atoms with Crippen molar-refractivity contribution in [2.24, 2.45) is 5.41 Å². The van der Waals surface area contributed by atoms with Crippen LogP contribution < -0.4 is 0 Å². The van der Waals surface area contributed by atoms with Crippen LogP contribution >= 0.6 is 23.8 Å². The Labute approximate surface area is 122 Å². The van der Waals surface area contributed by atoms with E-state index in [1.54, 1.807) is 0 Å². The maximum absolute atomic E-state index is 6.02. The topological polar surface area (TPSA) is 29.9 Å². The molecule has 0 aliphatic carbocycles.